The second kappa shape index (κ2) is 6.27. The number of nitriles is 1. The minimum atomic E-state index is -0.392. The zero-order chi connectivity index (χ0) is 15.4. The maximum absolute atomic E-state index is 14.1. The first-order chi connectivity index (χ1) is 10.1. The van der Waals surface area contributed by atoms with Crippen LogP contribution in [0.5, 0.6) is 5.75 Å². The predicted molar refractivity (Wildman–Crippen MR) is 80.9 cm³/mol. The SMILES string of the molecule is COc1ccc(C(C)N(C)c2ccc(C#N)cc2F)cc1. The Balaban J connectivity index is 2.26. The third-order valence-electron chi connectivity index (χ3n) is 3.64. The zero-order valence-electron chi connectivity index (χ0n) is 12.3. The summed E-state index contributed by atoms with van der Waals surface area (Å²) in [6.07, 6.45) is 0. The molecule has 1 atom stereocenters. The van der Waals surface area contributed by atoms with E-state index in [1.807, 2.05) is 49.2 Å². The molecule has 0 fully saturated rings. The molecule has 3 nitrogen and oxygen atoms in total. The van der Waals surface area contributed by atoms with Crippen LogP contribution in [0.25, 0.3) is 0 Å². The second-order valence-electron chi connectivity index (χ2n) is 4.84. The highest BCUT2D eigenvalue weighted by Crippen LogP contribution is 2.28. The third-order valence-corrected chi connectivity index (χ3v) is 3.64. The summed E-state index contributed by atoms with van der Waals surface area (Å²) >= 11 is 0. The van der Waals surface area contributed by atoms with Gasteiger partial charge in [0, 0.05) is 7.05 Å². The van der Waals surface area contributed by atoms with Crippen LogP contribution in [0.15, 0.2) is 42.5 Å². The molecule has 0 heterocycles. The molecule has 0 bridgehead atoms. The monoisotopic (exact) mass is 284 g/mol. The Bertz CT molecular complexity index is 661. The highest BCUT2D eigenvalue weighted by atomic mass is 19.1. The number of hydrogen-bond acceptors (Lipinski definition) is 3. The number of methoxy groups -OCH3 is 1. The Kier molecular flexibility index (Phi) is 4.44. The fraction of sp³-hybridized carbons (Fsp3) is 0.235. The number of hydrogen-bond donors (Lipinski definition) is 0. The normalized spacial score (nSPS) is 11.6. The lowest BCUT2D eigenvalue weighted by atomic mass is 10.1. The molecule has 1 unspecified atom stereocenters. The number of anilines is 1. The molecule has 0 amide bonds. The van der Waals surface area contributed by atoms with Gasteiger partial charge in [0.2, 0.25) is 0 Å². The first-order valence-electron chi connectivity index (χ1n) is 6.63. The lowest BCUT2D eigenvalue weighted by molar-refractivity contribution is 0.414. The van der Waals surface area contributed by atoms with E-state index >= 15 is 0 Å². The van der Waals surface area contributed by atoms with Gasteiger partial charge in [-0.1, -0.05) is 12.1 Å². The van der Waals surface area contributed by atoms with Gasteiger partial charge in [-0.15, -0.1) is 0 Å². The minimum Gasteiger partial charge on any atom is -0.497 e. The van der Waals surface area contributed by atoms with Crippen LogP contribution in [-0.2, 0) is 0 Å². The fourth-order valence-corrected chi connectivity index (χ4v) is 2.18. The molecule has 0 aliphatic carbocycles. The lowest BCUT2D eigenvalue weighted by Gasteiger charge is -2.28. The largest absolute Gasteiger partial charge is 0.497 e. The molecule has 4 heteroatoms. The molecule has 0 aromatic heterocycles. The summed E-state index contributed by atoms with van der Waals surface area (Å²) in [6.45, 7) is 2.00. The van der Waals surface area contributed by atoms with Gasteiger partial charge >= 0.3 is 0 Å². The lowest BCUT2D eigenvalue weighted by Crippen LogP contribution is -2.22. The van der Waals surface area contributed by atoms with Crippen LogP contribution in [0.2, 0.25) is 0 Å². The van der Waals surface area contributed by atoms with Crippen LogP contribution in [-0.4, -0.2) is 14.2 Å². The van der Waals surface area contributed by atoms with Gasteiger partial charge in [-0.05, 0) is 42.8 Å². The molecule has 0 aliphatic rings. The quantitative estimate of drug-likeness (QED) is 0.854. The zero-order valence-corrected chi connectivity index (χ0v) is 12.3. The van der Waals surface area contributed by atoms with Gasteiger partial charge in [0.15, 0.2) is 0 Å². The fourth-order valence-electron chi connectivity index (χ4n) is 2.18. The van der Waals surface area contributed by atoms with E-state index in [0.29, 0.717) is 11.3 Å². The summed E-state index contributed by atoms with van der Waals surface area (Å²) in [4.78, 5) is 1.85. The summed E-state index contributed by atoms with van der Waals surface area (Å²) in [5.41, 5.74) is 1.85. The van der Waals surface area contributed by atoms with Crippen LogP contribution >= 0.6 is 0 Å². The van der Waals surface area contributed by atoms with Gasteiger partial charge in [-0.2, -0.15) is 5.26 Å². The third kappa shape index (κ3) is 3.14. The van der Waals surface area contributed by atoms with Crippen LogP contribution in [0.3, 0.4) is 0 Å². The molecule has 0 saturated carbocycles. The molecule has 0 radical (unpaired) electrons. The molecule has 2 rings (SSSR count). The van der Waals surface area contributed by atoms with E-state index in [1.165, 1.54) is 6.07 Å². The molecule has 0 spiro atoms. The van der Waals surface area contributed by atoms with Crippen molar-refractivity contribution in [2.24, 2.45) is 0 Å². The van der Waals surface area contributed by atoms with E-state index in [4.69, 9.17) is 10.00 Å². The molecular weight excluding hydrogens is 267 g/mol. The molecule has 0 saturated heterocycles. The van der Waals surface area contributed by atoms with Gasteiger partial charge in [0.05, 0.1) is 30.5 Å². The summed E-state index contributed by atoms with van der Waals surface area (Å²) in [5, 5.41) is 8.79. The van der Waals surface area contributed by atoms with Crippen molar-refractivity contribution in [3.05, 3.63) is 59.4 Å². The van der Waals surface area contributed by atoms with Crippen molar-refractivity contribution < 1.29 is 9.13 Å². The number of benzene rings is 2. The van der Waals surface area contributed by atoms with Crippen LogP contribution < -0.4 is 9.64 Å². The van der Waals surface area contributed by atoms with Gasteiger partial charge in [-0.25, -0.2) is 4.39 Å². The maximum Gasteiger partial charge on any atom is 0.147 e. The van der Waals surface area contributed by atoms with Crippen molar-refractivity contribution in [1.82, 2.24) is 0 Å². The maximum atomic E-state index is 14.1. The number of ether oxygens (including phenoxy) is 1. The van der Waals surface area contributed by atoms with E-state index in [2.05, 4.69) is 0 Å². The summed E-state index contributed by atoms with van der Waals surface area (Å²) in [6, 6.07) is 14.1. The Morgan fingerprint density at radius 3 is 2.38 bits per heavy atom. The van der Waals surface area contributed by atoms with Crippen molar-refractivity contribution in [3.8, 4) is 11.8 Å². The molecule has 0 N–H and O–H groups in total. The molecular formula is C17H17FN2O. The second-order valence-corrected chi connectivity index (χ2v) is 4.84. The summed E-state index contributed by atoms with van der Waals surface area (Å²) in [7, 11) is 3.45. The number of rotatable bonds is 4. The standard InChI is InChI=1S/C17H17FN2O/c1-12(14-5-7-15(21-3)8-6-14)20(2)17-9-4-13(11-19)10-16(17)18/h4-10,12H,1-3H3. The Hall–Kier alpha value is -2.54. The van der Waals surface area contributed by atoms with Gasteiger partial charge in [0.1, 0.15) is 11.6 Å². The van der Waals surface area contributed by atoms with E-state index in [1.54, 1.807) is 19.2 Å². The smallest absolute Gasteiger partial charge is 0.147 e. The first kappa shape index (κ1) is 14.9. The molecule has 108 valence electrons. The Morgan fingerprint density at radius 2 is 1.86 bits per heavy atom. The Labute approximate surface area is 124 Å². The molecule has 0 aliphatic heterocycles. The van der Waals surface area contributed by atoms with Gasteiger partial charge in [0.25, 0.3) is 0 Å². The van der Waals surface area contributed by atoms with Crippen molar-refractivity contribution in [3.63, 3.8) is 0 Å². The highest BCUT2D eigenvalue weighted by Gasteiger charge is 2.16. The predicted octanol–water partition coefficient (Wildman–Crippen LogP) is 3.90. The average molecular weight is 284 g/mol. The van der Waals surface area contributed by atoms with Gasteiger partial charge in [-0.3, -0.25) is 0 Å². The number of halogens is 1. The number of nitrogens with zero attached hydrogens (tertiary/aromatic N) is 2. The summed E-state index contributed by atoms with van der Waals surface area (Å²) < 4.78 is 19.2. The van der Waals surface area contributed by atoms with E-state index in [9.17, 15) is 4.39 Å². The average Bonchev–Trinajstić information content (AvgIpc) is 2.53. The molecule has 2 aromatic carbocycles. The molecule has 21 heavy (non-hydrogen) atoms. The molecule has 2 aromatic rings. The van der Waals surface area contributed by atoms with E-state index < -0.39 is 5.82 Å². The highest BCUT2D eigenvalue weighted by molar-refractivity contribution is 5.52. The van der Waals surface area contributed by atoms with Crippen LogP contribution in [0.1, 0.15) is 24.1 Å². The summed E-state index contributed by atoms with van der Waals surface area (Å²) in [5.74, 6) is 0.398. The Morgan fingerprint density at radius 1 is 1.19 bits per heavy atom. The topological polar surface area (TPSA) is 36.3 Å². The van der Waals surface area contributed by atoms with Crippen molar-refractivity contribution in [1.29, 1.82) is 5.26 Å². The first-order valence-corrected chi connectivity index (χ1v) is 6.63. The van der Waals surface area contributed by atoms with E-state index in [0.717, 1.165) is 11.3 Å². The van der Waals surface area contributed by atoms with Gasteiger partial charge < -0.3 is 9.64 Å². The van der Waals surface area contributed by atoms with Crippen LogP contribution in [0, 0.1) is 17.1 Å². The van der Waals surface area contributed by atoms with E-state index in [-0.39, 0.29) is 6.04 Å². The van der Waals surface area contributed by atoms with Crippen molar-refractivity contribution in [2.45, 2.75) is 13.0 Å². The van der Waals surface area contributed by atoms with Crippen molar-refractivity contribution in [2.75, 3.05) is 19.1 Å². The van der Waals surface area contributed by atoms with Crippen LogP contribution in [0.4, 0.5) is 10.1 Å². The van der Waals surface area contributed by atoms with Crippen molar-refractivity contribution >= 4 is 5.69 Å². The minimum absolute atomic E-state index is 0.00154.